The van der Waals surface area contributed by atoms with Crippen molar-refractivity contribution in [3.8, 4) is 5.75 Å². The summed E-state index contributed by atoms with van der Waals surface area (Å²) >= 11 is 0. The molecule has 1 atom stereocenters. The van der Waals surface area contributed by atoms with E-state index in [1.807, 2.05) is 12.1 Å². The Morgan fingerprint density at radius 2 is 2.09 bits per heavy atom. The van der Waals surface area contributed by atoms with Gasteiger partial charge in [-0.2, -0.15) is 0 Å². The highest BCUT2D eigenvalue weighted by Gasteiger charge is 2.17. The van der Waals surface area contributed by atoms with E-state index in [4.69, 9.17) is 10.5 Å². The lowest BCUT2D eigenvalue weighted by molar-refractivity contribution is 0.269. The second kappa shape index (κ2) is 9.92. The molecule has 0 bridgehead atoms. The zero-order valence-corrected chi connectivity index (χ0v) is 16.0. The van der Waals surface area contributed by atoms with E-state index in [2.05, 4.69) is 35.9 Å². The topological polar surface area (TPSA) is 50.9 Å². The number of piperidine rings is 1. The van der Waals surface area contributed by atoms with Crippen LogP contribution < -0.4 is 10.5 Å². The van der Waals surface area contributed by atoms with Gasteiger partial charge in [-0.25, -0.2) is 0 Å². The number of aliphatic imine (C=N–C) groups is 1. The number of rotatable bonds is 5. The first kappa shape index (κ1) is 19.1. The van der Waals surface area contributed by atoms with Crippen molar-refractivity contribution in [1.82, 2.24) is 4.90 Å². The fourth-order valence-corrected chi connectivity index (χ4v) is 2.58. The van der Waals surface area contributed by atoms with Gasteiger partial charge < -0.3 is 15.4 Å². The van der Waals surface area contributed by atoms with Gasteiger partial charge in [0.25, 0.3) is 0 Å². The number of halogens is 1. The average molecular weight is 417 g/mol. The third-order valence-corrected chi connectivity index (χ3v) is 3.85. The van der Waals surface area contributed by atoms with Crippen LogP contribution in [0.5, 0.6) is 5.75 Å². The molecule has 0 saturated carbocycles. The summed E-state index contributed by atoms with van der Waals surface area (Å²) in [7, 11) is 0. The number of likely N-dealkylation sites (tertiary alicyclic amines) is 1. The van der Waals surface area contributed by atoms with E-state index in [0.717, 1.165) is 37.7 Å². The van der Waals surface area contributed by atoms with Gasteiger partial charge >= 0.3 is 0 Å². The molecule has 0 aliphatic carbocycles. The summed E-state index contributed by atoms with van der Waals surface area (Å²) in [5.74, 6) is 2.33. The molecule has 0 amide bonds. The monoisotopic (exact) mass is 417 g/mol. The van der Waals surface area contributed by atoms with E-state index in [1.165, 1.54) is 18.4 Å². The number of aryl methyl sites for hydroxylation is 1. The van der Waals surface area contributed by atoms with Crippen molar-refractivity contribution in [2.24, 2.45) is 16.6 Å². The van der Waals surface area contributed by atoms with Crippen LogP contribution in [0.2, 0.25) is 0 Å². The van der Waals surface area contributed by atoms with Crippen molar-refractivity contribution < 1.29 is 4.74 Å². The zero-order valence-electron chi connectivity index (χ0n) is 13.6. The SMILES string of the molecule is Cc1ccc(OCCCN=C(N)N2CCCC(C)C2)cc1.I. The molecular weight excluding hydrogens is 389 g/mol. The first-order chi connectivity index (χ1) is 10.1. The number of hydrogen-bond donors (Lipinski definition) is 1. The number of nitrogens with two attached hydrogens (primary N) is 1. The van der Waals surface area contributed by atoms with E-state index in [0.29, 0.717) is 12.6 Å². The van der Waals surface area contributed by atoms with E-state index in [9.17, 15) is 0 Å². The van der Waals surface area contributed by atoms with Crippen LogP contribution in [0.1, 0.15) is 31.7 Å². The fraction of sp³-hybridized carbons (Fsp3) is 0.588. The Hall–Kier alpha value is -0.980. The third kappa shape index (κ3) is 6.42. The Morgan fingerprint density at radius 3 is 2.77 bits per heavy atom. The largest absolute Gasteiger partial charge is 0.494 e. The van der Waals surface area contributed by atoms with Gasteiger partial charge in [-0.1, -0.05) is 24.6 Å². The van der Waals surface area contributed by atoms with Gasteiger partial charge in [-0.15, -0.1) is 24.0 Å². The molecule has 0 spiro atoms. The Labute approximate surface area is 151 Å². The summed E-state index contributed by atoms with van der Waals surface area (Å²) < 4.78 is 5.68. The second-order valence-corrected chi connectivity index (χ2v) is 5.95. The van der Waals surface area contributed by atoms with Crippen molar-refractivity contribution in [3.63, 3.8) is 0 Å². The lowest BCUT2D eigenvalue weighted by Gasteiger charge is -2.31. The number of ether oxygens (including phenoxy) is 1. The molecule has 2 rings (SSSR count). The van der Waals surface area contributed by atoms with Crippen LogP contribution in [0.25, 0.3) is 0 Å². The molecule has 1 saturated heterocycles. The van der Waals surface area contributed by atoms with Crippen molar-refractivity contribution in [3.05, 3.63) is 29.8 Å². The van der Waals surface area contributed by atoms with Crippen molar-refractivity contribution >= 4 is 29.9 Å². The van der Waals surface area contributed by atoms with E-state index in [-0.39, 0.29) is 24.0 Å². The molecule has 1 heterocycles. The van der Waals surface area contributed by atoms with Crippen molar-refractivity contribution in [2.75, 3.05) is 26.2 Å². The van der Waals surface area contributed by atoms with Crippen LogP contribution in [0.4, 0.5) is 0 Å². The molecule has 5 heteroatoms. The molecule has 22 heavy (non-hydrogen) atoms. The first-order valence-corrected chi connectivity index (χ1v) is 7.89. The summed E-state index contributed by atoms with van der Waals surface area (Å²) in [5.41, 5.74) is 7.30. The maximum atomic E-state index is 6.06. The van der Waals surface area contributed by atoms with Crippen molar-refractivity contribution in [1.29, 1.82) is 0 Å². The number of nitrogens with zero attached hydrogens (tertiary/aromatic N) is 2. The maximum Gasteiger partial charge on any atom is 0.191 e. The molecule has 2 N–H and O–H groups in total. The Bertz CT molecular complexity index is 461. The second-order valence-electron chi connectivity index (χ2n) is 5.95. The molecule has 124 valence electrons. The predicted molar refractivity (Wildman–Crippen MR) is 103 cm³/mol. The molecule has 1 unspecified atom stereocenters. The molecule has 1 fully saturated rings. The van der Waals surface area contributed by atoms with Gasteiger partial charge in [-0.3, -0.25) is 4.99 Å². The van der Waals surface area contributed by atoms with Gasteiger partial charge in [0.2, 0.25) is 0 Å². The highest BCUT2D eigenvalue weighted by atomic mass is 127. The molecule has 1 aromatic rings. The molecule has 4 nitrogen and oxygen atoms in total. The summed E-state index contributed by atoms with van der Waals surface area (Å²) in [6, 6.07) is 8.12. The highest BCUT2D eigenvalue weighted by molar-refractivity contribution is 14.0. The lowest BCUT2D eigenvalue weighted by Crippen LogP contribution is -2.43. The smallest absolute Gasteiger partial charge is 0.191 e. The van der Waals surface area contributed by atoms with Crippen LogP contribution >= 0.6 is 24.0 Å². The van der Waals surface area contributed by atoms with Crippen LogP contribution in [0.15, 0.2) is 29.3 Å². The van der Waals surface area contributed by atoms with E-state index < -0.39 is 0 Å². The molecular formula is C17H28IN3O. The highest BCUT2D eigenvalue weighted by Crippen LogP contribution is 2.15. The maximum absolute atomic E-state index is 6.06. The Morgan fingerprint density at radius 1 is 1.36 bits per heavy atom. The molecule has 1 aromatic carbocycles. The summed E-state index contributed by atoms with van der Waals surface area (Å²) in [4.78, 5) is 6.67. The average Bonchev–Trinajstić information content (AvgIpc) is 2.48. The summed E-state index contributed by atoms with van der Waals surface area (Å²) in [6.07, 6.45) is 3.40. The number of hydrogen-bond acceptors (Lipinski definition) is 2. The van der Waals surface area contributed by atoms with Gasteiger partial charge in [0, 0.05) is 26.1 Å². The van der Waals surface area contributed by atoms with Crippen LogP contribution in [0.3, 0.4) is 0 Å². The lowest BCUT2D eigenvalue weighted by atomic mass is 10.0. The minimum absolute atomic E-state index is 0. The minimum Gasteiger partial charge on any atom is -0.494 e. The normalized spacial score (nSPS) is 18.7. The molecule has 1 aliphatic heterocycles. The standard InChI is InChI=1S/C17H27N3O.HI/c1-14-6-8-16(9-7-14)21-12-4-10-19-17(18)20-11-3-5-15(2)13-20;/h6-9,15H,3-5,10-13H2,1-2H3,(H2,18,19);1H. The van der Waals surface area contributed by atoms with E-state index in [1.54, 1.807) is 0 Å². The molecule has 0 radical (unpaired) electrons. The van der Waals surface area contributed by atoms with Crippen molar-refractivity contribution in [2.45, 2.75) is 33.1 Å². The third-order valence-electron chi connectivity index (χ3n) is 3.85. The van der Waals surface area contributed by atoms with Gasteiger partial charge in [-0.05, 0) is 37.8 Å². The van der Waals surface area contributed by atoms with Crippen LogP contribution in [-0.2, 0) is 0 Å². The predicted octanol–water partition coefficient (Wildman–Crippen LogP) is 3.43. The molecule has 1 aliphatic rings. The Kier molecular flexibility index (Phi) is 8.60. The summed E-state index contributed by atoms with van der Waals surface area (Å²) in [5, 5.41) is 0. The van der Waals surface area contributed by atoms with E-state index >= 15 is 0 Å². The fourth-order valence-electron chi connectivity index (χ4n) is 2.58. The Balaban J connectivity index is 0.00000242. The quantitative estimate of drug-likeness (QED) is 0.346. The van der Waals surface area contributed by atoms with Crippen LogP contribution in [-0.4, -0.2) is 37.1 Å². The first-order valence-electron chi connectivity index (χ1n) is 7.89. The molecule has 0 aromatic heterocycles. The summed E-state index contributed by atoms with van der Waals surface area (Å²) in [6.45, 7) is 7.82. The zero-order chi connectivity index (χ0) is 15.1. The van der Waals surface area contributed by atoms with Gasteiger partial charge in [0.15, 0.2) is 5.96 Å². The minimum atomic E-state index is 0. The van der Waals surface area contributed by atoms with Gasteiger partial charge in [0.1, 0.15) is 5.75 Å². The number of guanidine groups is 1. The number of benzene rings is 1. The van der Waals surface area contributed by atoms with Crippen LogP contribution in [0, 0.1) is 12.8 Å². The van der Waals surface area contributed by atoms with Gasteiger partial charge in [0.05, 0.1) is 6.61 Å².